The number of fused-ring (bicyclic) bond motifs is 1. The van der Waals surface area contributed by atoms with Gasteiger partial charge in [-0.3, -0.25) is 10.1 Å². The predicted molar refractivity (Wildman–Crippen MR) is 57.6 cm³/mol. The first-order valence-corrected chi connectivity index (χ1v) is 4.69. The van der Waals surface area contributed by atoms with Crippen LogP contribution >= 0.6 is 0 Å². The van der Waals surface area contributed by atoms with E-state index in [1.165, 1.54) is 0 Å². The first kappa shape index (κ1) is 9.70. The van der Waals surface area contributed by atoms with Crippen LogP contribution in [-0.2, 0) is 4.79 Å². The second kappa shape index (κ2) is 3.72. The minimum atomic E-state index is -0.275. The SMILES string of the molecule is CN(C)C=NC1=NC2C=CNC2C(=O)N1. The molecular formula is C9H13N5O. The van der Waals surface area contributed by atoms with Crippen molar-refractivity contribution in [1.29, 1.82) is 0 Å². The quantitative estimate of drug-likeness (QED) is 0.424. The summed E-state index contributed by atoms with van der Waals surface area (Å²) in [6, 6.07) is -0.406. The molecule has 1 amide bonds. The molecule has 0 bridgehead atoms. The third kappa shape index (κ3) is 1.98. The van der Waals surface area contributed by atoms with Gasteiger partial charge in [-0.1, -0.05) is 0 Å². The largest absolute Gasteiger partial charge is 0.378 e. The molecule has 0 radical (unpaired) electrons. The van der Waals surface area contributed by atoms with Gasteiger partial charge in [0, 0.05) is 14.1 Å². The van der Waals surface area contributed by atoms with Gasteiger partial charge >= 0.3 is 0 Å². The van der Waals surface area contributed by atoms with Crippen molar-refractivity contribution in [2.75, 3.05) is 14.1 Å². The van der Waals surface area contributed by atoms with E-state index in [1.807, 2.05) is 20.2 Å². The van der Waals surface area contributed by atoms with Crippen LogP contribution in [0.1, 0.15) is 0 Å². The molecular weight excluding hydrogens is 194 g/mol. The van der Waals surface area contributed by atoms with Crippen molar-refractivity contribution in [3.05, 3.63) is 12.3 Å². The highest BCUT2D eigenvalue weighted by atomic mass is 16.2. The van der Waals surface area contributed by atoms with Crippen LogP contribution in [0.4, 0.5) is 0 Å². The van der Waals surface area contributed by atoms with E-state index in [2.05, 4.69) is 20.6 Å². The van der Waals surface area contributed by atoms with Gasteiger partial charge in [-0.25, -0.2) is 9.98 Å². The predicted octanol–water partition coefficient (Wildman–Crippen LogP) is -1.08. The molecule has 0 spiro atoms. The Bertz CT molecular complexity index is 358. The molecule has 80 valence electrons. The molecule has 0 saturated heterocycles. The molecule has 0 aliphatic carbocycles. The highest BCUT2D eigenvalue weighted by Crippen LogP contribution is 2.11. The number of nitrogens with one attached hydrogen (secondary N) is 2. The number of carbonyl (C=O) groups is 1. The van der Waals surface area contributed by atoms with Crippen LogP contribution in [0, 0.1) is 0 Å². The van der Waals surface area contributed by atoms with Crippen molar-refractivity contribution in [2.45, 2.75) is 12.1 Å². The minimum Gasteiger partial charge on any atom is -0.378 e. The lowest BCUT2D eigenvalue weighted by Gasteiger charge is -2.21. The Hall–Kier alpha value is -1.85. The maximum atomic E-state index is 11.5. The fourth-order valence-corrected chi connectivity index (χ4v) is 1.41. The number of amides is 1. The molecule has 2 heterocycles. The second-order valence-electron chi connectivity index (χ2n) is 3.64. The van der Waals surface area contributed by atoms with Crippen LogP contribution in [0.2, 0.25) is 0 Å². The van der Waals surface area contributed by atoms with Crippen LogP contribution in [0.15, 0.2) is 22.3 Å². The molecule has 6 heteroatoms. The number of nitrogens with zero attached hydrogens (tertiary/aromatic N) is 3. The fraction of sp³-hybridized carbons (Fsp3) is 0.444. The van der Waals surface area contributed by atoms with Crippen molar-refractivity contribution < 1.29 is 4.79 Å². The van der Waals surface area contributed by atoms with E-state index in [0.717, 1.165) is 0 Å². The Morgan fingerprint density at radius 1 is 1.60 bits per heavy atom. The van der Waals surface area contributed by atoms with Crippen LogP contribution in [0.5, 0.6) is 0 Å². The van der Waals surface area contributed by atoms with Crippen LogP contribution in [0.3, 0.4) is 0 Å². The highest BCUT2D eigenvalue weighted by Gasteiger charge is 2.33. The fourth-order valence-electron chi connectivity index (χ4n) is 1.41. The third-order valence-corrected chi connectivity index (χ3v) is 2.11. The minimum absolute atomic E-state index is 0.0918. The van der Waals surface area contributed by atoms with Gasteiger partial charge in [-0.2, -0.15) is 0 Å². The summed E-state index contributed by atoms with van der Waals surface area (Å²) in [5.41, 5.74) is 0. The zero-order valence-corrected chi connectivity index (χ0v) is 8.64. The van der Waals surface area contributed by atoms with Gasteiger partial charge in [-0.15, -0.1) is 0 Å². The van der Waals surface area contributed by atoms with Gasteiger partial charge < -0.3 is 10.2 Å². The van der Waals surface area contributed by atoms with E-state index < -0.39 is 0 Å². The Kier molecular flexibility index (Phi) is 2.40. The first-order valence-electron chi connectivity index (χ1n) is 4.69. The van der Waals surface area contributed by atoms with Gasteiger partial charge in [0.25, 0.3) is 5.91 Å². The summed E-state index contributed by atoms with van der Waals surface area (Å²) < 4.78 is 0. The standard InChI is InChI=1S/C9H13N5O/c1-14(2)5-11-9-12-6-3-4-10-7(6)8(15)13-9/h3-7,10H,1-2H3,(H,12,13,15). The molecule has 2 aliphatic heterocycles. The summed E-state index contributed by atoms with van der Waals surface area (Å²) in [4.78, 5) is 21.7. The zero-order chi connectivity index (χ0) is 10.8. The van der Waals surface area contributed by atoms with Crippen LogP contribution in [-0.4, -0.2) is 49.3 Å². The van der Waals surface area contributed by atoms with Crippen molar-refractivity contribution in [3.8, 4) is 0 Å². The number of rotatable bonds is 1. The van der Waals surface area contributed by atoms with Gasteiger partial charge in [0.2, 0.25) is 5.96 Å². The first-order chi connectivity index (χ1) is 7.16. The summed E-state index contributed by atoms with van der Waals surface area (Å²) in [6.45, 7) is 0. The van der Waals surface area contributed by atoms with Crippen molar-refractivity contribution >= 4 is 18.2 Å². The molecule has 2 atom stereocenters. The van der Waals surface area contributed by atoms with E-state index >= 15 is 0 Å². The maximum Gasteiger partial charge on any atom is 0.251 e. The molecule has 2 aliphatic rings. The van der Waals surface area contributed by atoms with Gasteiger partial charge in [0.15, 0.2) is 0 Å². The topological polar surface area (TPSA) is 69.1 Å². The van der Waals surface area contributed by atoms with Crippen LogP contribution < -0.4 is 10.6 Å². The normalized spacial score (nSPS) is 28.4. The van der Waals surface area contributed by atoms with Crippen LogP contribution in [0.25, 0.3) is 0 Å². The molecule has 2 N–H and O–H groups in total. The number of hydrogen-bond acceptors (Lipinski definition) is 4. The van der Waals surface area contributed by atoms with E-state index in [4.69, 9.17) is 0 Å². The molecule has 0 saturated carbocycles. The summed E-state index contributed by atoms with van der Waals surface area (Å²) in [5.74, 6) is 0.272. The number of guanidine groups is 1. The summed E-state index contributed by atoms with van der Waals surface area (Å²) in [7, 11) is 3.71. The van der Waals surface area contributed by atoms with Gasteiger partial charge in [-0.05, 0) is 12.3 Å². The second-order valence-corrected chi connectivity index (χ2v) is 3.64. The summed E-state index contributed by atoms with van der Waals surface area (Å²) in [6.07, 6.45) is 5.21. The Morgan fingerprint density at radius 3 is 3.13 bits per heavy atom. The van der Waals surface area contributed by atoms with E-state index in [-0.39, 0.29) is 18.0 Å². The van der Waals surface area contributed by atoms with Crippen molar-refractivity contribution in [1.82, 2.24) is 15.5 Å². The molecule has 2 rings (SSSR count). The lowest BCUT2D eigenvalue weighted by Crippen LogP contribution is -2.51. The lowest BCUT2D eigenvalue weighted by atomic mass is 10.1. The Balaban J connectivity index is 2.13. The van der Waals surface area contributed by atoms with Crippen molar-refractivity contribution in [3.63, 3.8) is 0 Å². The zero-order valence-electron chi connectivity index (χ0n) is 8.64. The monoisotopic (exact) mass is 207 g/mol. The van der Waals surface area contributed by atoms with Gasteiger partial charge in [0.05, 0.1) is 6.34 Å². The average molecular weight is 207 g/mol. The maximum absolute atomic E-state index is 11.5. The summed E-state index contributed by atoms with van der Waals surface area (Å²) in [5, 5.41) is 5.56. The molecule has 0 aromatic heterocycles. The van der Waals surface area contributed by atoms with Crippen molar-refractivity contribution in [2.24, 2.45) is 9.98 Å². The molecule has 15 heavy (non-hydrogen) atoms. The number of carbonyl (C=O) groups excluding carboxylic acids is 1. The Labute approximate surface area is 87.8 Å². The Morgan fingerprint density at radius 2 is 2.40 bits per heavy atom. The molecule has 0 aromatic carbocycles. The van der Waals surface area contributed by atoms with E-state index in [1.54, 1.807) is 17.4 Å². The molecule has 0 aromatic rings. The molecule has 0 fully saturated rings. The van der Waals surface area contributed by atoms with E-state index in [9.17, 15) is 4.79 Å². The highest BCUT2D eigenvalue weighted by molar-refractivity contribution is 6.04. The number of aliphatic imine (C=N–C) groups is 2. The molecule has 2 unspecified atom stereocenters. The van der Waals surface area contributed by atoms with E-state index in [0.29, 0.717) is 5.96 Å². The number of hydrogen-bond donors (Lipinski definition) is 2. The lowest BCUT2D eigenvalue weighted by molar-refractivity contribution is -0.121. The average Bonchev–Trinajstić information content (AvgIpc) is 2.63. The smallest absolute Gasteiger partial charge is 0.251 e. The third-order valence-electron chi connectivity index (χ3n) is 2.11. The molecule has 6 nitrogen and oxygen atoms in total. The summed E-state index contributed by atoms with van der Waals surface area (Å²) >= 11 is 0. The van der Waals surface area contributed by atoms with Gasteiger partial charge in [0.1, 0.15) is 12.1 Å².